The number of aryl methyl sites for hydroxylation is 1. The van der Waals surface area contributed by atoms with Gasteiger partial charge in [-0.1, -0.05) is 23.7 Å². The van der Waals surface area contributed by atoms with Gasteiger partial charge in [0.05, 0.1) is 16.8 Å². The highest BCUT2D eigenvalue weighted by Gasteiger charge is 2.17. The van der Waals surface area contributed by atoms with E-state index in [0.717, 1.165) is 5.69 Å². The van der Waals surface area contributed by atoms with Crippen LogP contribution in [0.1, 0.15) is 29.3 Å². The number of amides is 1. The molecule has 0 aliphatic carbocycles. The summed E-state index contributed by atoms with van der Waals surface area (Å²) in [6.07, 6.45) is 3.28. The van der Waals surface area contributed by atoms with E-state index in [9.17, 15) is 4.79 Å². The first-order chi connectivity index (χ1) is 11.1. The van der Waals surface area contributed by atoms with E-state index < -0.39 is 0 Å². The molecule has 0 fully saturated rings. The van der Waals surface area contributed by atoms with Crippen molar-refractivity contribution >= 4 is 17.5 Å². The lowest BCUT2D eigenvalue weighted by atomic mass is 10.3. The zero-order valence-electron chi connectivity index (χ0n) is 12.6. The molecule has 3 rings (SSSR count). The summed E-state index contributed by atoms with van der Waals surface area (Å²) in [4.78, 5) is 12.3. The highest BCUT2D eigenvalue weighted by Crippen LogP contribution is 2.19. The zero-order valence-corrected chi connectivity index (χ0v) is 13.4. The summed E-state index contributed by atoms with van der Waals surface area (Å²) >= 11 is 6.14. The van der Waals surface area contributed by atoms with Crippen molar-refractivity contribution in [3.05, 3.63) is 59.4 Å². The lowest BCUT2D eigenvalue weighted by molar-refractivity contribution is 0.0932. The van der Waals surface area contributed by atoms with Crippen LogP contribution in [-0.4, -0.2) is 30.5 Å². The quantitative estimate of drug-likeness (QED) is 0.795. The largest absolute Gasteiger partial charge is 0.341 e. The Morgan fingerprint density at radius 1 is 1.30 bits per heavy atom. The van der Waals surface area contributed by atoms with Crippen LogP contribution in [-0.2, 0) is 7.05 Å². The molecule has 23 heavy (non-hydrogen) atoms. The number of carbonyl (C=O) groups is 1. The molecule has 8 heteroatoms. The molecule has 7 nitrogen and oxygen atoms in total. The van der Waals surface area contributed by atoms with Crippen LogP contribution in [0.5, 0.6) is 0 Å². The van der Waals surface area contributed by atoms with Crippen molar-refractivity contribution in [1.29, 1.82) is 0 Å². The third-order valence-electron chi connectivity index (χ3n) is 3.40. The number of para-hydroxylation sites is 1. The van der Waals surface area contributed by atoms with Crippen molar-refractivity contribution in [2.24, 2.45) is 7.05 Å². The molecule has 0 saturated carbocycles. The lowest BCUT2D eigenvalue weighted by Gasteiger charge is -2.11. The number of benzene rings is 1. The Balaban J connectivity index is 1.77. The molecule has 0 saturated heterocycles. The predicted octanol–water partition coefficient (Wildman–Crippen LogP) is 2.15. The van der Waals surface area contributed by atoms with E-state index in [1.807, 2.05) is 32.2 Å². The summed E-state index contributed by atoms with van der Waals surface area (Å²) in [6, 6.07) is 8.67. The molecule has 3 aromatic rings. The van der Waals surface area contributed by atoms with Crippen molar-refractivity contribution in [2.75, 3.05) is 0 Å². The highest BCUT2D eigenvalue weighted by molar-refractivity contribution is 6.32. The Hall–Kier alpha value is -2.67. The van der Waals surface area contributed by atoms with Crippen molar-refractivity contribution in [3.8, 4) is 5.69 Å². The van der Waals surface area contributed by atoms with Gasteiger partial charge in [-0.3, -0.25) is 4.79 Å². The molecule has 2 heterocycles. The Morgan fingerprint density at radius 3 is 2.78 bits per heavy atom. The van der Waals surface area contributed by atoms with Gasteiger partial charge in [0.15, 0.2) is 11.5 Å². The topological polar surface area (TPSA) is 77.6 Å². The van der Waals surface area contributed by atoms with Crippen LogP contribution >= 0.6 is 11.6 Å². The minimum absolute atomic E-state index is 0.277. The summed E-state index contributed by atoms with van der Waals surface area (Å²) in [7, 11) is 1.82. The number of aromatic nitrogens is 5. The first kappa shape index (κ1) is 15.2. The summed E-state index contributed by atoms with van der Waals surface area (Å²) in [6.45, 7) is 1.84. The summed E-state index contributed by atoms with van der Waals surface area (Å²) in [5.74, 6) is 0.384. The molecule has 1 atom stereocenters. The van der Waals surface area contributed by atoms with Crippen molar-refractivity contribution in [1.82, 2.24) is 29.9 Å². The van der Waals surface area contributed by atoms with E-state index >= 15 is 0 Å². The molecule has 2 aromatic heterocycles. The second-order valence-corrected chi connectivity index (χ2v) is 5.50. The van der Waals surface area contributed by atoms with Crippen LogP contribution in [0.25, 0.3) is 5.69 Å². The van der Waals surface area contributed by atoms with Gasteiger partial charge in [-0.15, -0.1) is 10.2 Å². The second kappa shape index (κ2) is 6.21. The van der Waals surface area contributed by atoms with Crippen molar-refractivity contribution < 1.29 is 4.79 Å². The van der Waals surface area contributed by atoms with E-state index in [1.165, 1.54) is 0 Å². The lowest BCUT2D eigenvalue weighted by Crippen LogP contribution is -2.28. The van der Waals surface area contributed by atoms with E-state index in [1.54, 1.807) is 33.9 Å². The number of halogens is 1. The average molecular weight is 331 g/mol. The monoisotopic (exact) mass is 330 g/mol. The molecule has 0 aliphatic rings. The number of hydrogen-bond donors (Lipinski definition) is 1. The van der Waals surface area contributed by atoms with Gasteiger partial charge < -0.3 is 9.88 Å². The SMILES string of the molecule is CC(NC(=O)c1ccn(-c2ccccc2Cl)n1)c1nncn1C. The Kier molecular flexibility index (Phi) is 4.12. The van der Waals surface area contributed by atoms with Crippen LogP contribution in [0.15, 0.2) is 42.9 Å². The Labute approximate surface area is 137 Å². The minimum atomic E-state index is -0.286. The average Bonchev–Trinajstić information content (AvgIpc) is 3.16. The van der Waals surface area contributed by atoms with Gasteiger partial charge >= 0.3 is 0 Å². The molecule has 0 aliphatic heterocycles. The molecule has 118 valence electrons. The van der Waals surface area contributed by atoms with Gasteiger partial charge in [-0.05, 0) is 25.1 Å². The molecular formula is C15H15ClN6O. The van der Waals surface area contributed by atoms with Gasteiger partial charge in [0.2, 0.25) is 0 Å². The fourth-order valence-electron chi connectivity index (χ4n) is 2.24. The van der Waals surface area contributed by atoms with Crippen LogP contribution < -0.4 is 5.32 Å². The predicted molar refractivity (Wildman–Crippen MR) is 85.5 cm³/mol. The van der Waals surface area contributed by atoms with Crippen LogP contribution in [0.3, 0.4) is 0 Å². The zero-order chi connectivity index (χ0) is 16.4. The fraction of sp³-hybridized carbons (Fsp3) is 0.200. The van der Waals surface area contributed by atoms with Gasteiger partial charge in [-0.25, -0.2) is 4.68 Å². The third kappa shape index (κ3) is 3.09. The maximum atomic E-state index is 12.3. The van der Waals surface area contributed by atoms with Crippen LogP contribution in [0.4, 0.5) is 0 Å². The maximum absolute atomic E-state index is 12.3. The highest BCUT2D eigenvalue weighted by atomic mass is 35.5. The fourth-order valence-corrected chi connectivity index (χ4v) is 2.46. The summed E-state index contributed by atoms with van der Waals surface area (Å²) < 4.78 is 3.33. The van der Waals surface area contributed by atoms with E-state index in [4.69, 9.17) is 11.6 Å². The van der Waals surface area contributed by atoms with Crippen LogP contribution in [0, 0.1) is 0 Å². The molecule has 1 aromatic carbocycles. The van der Waals surface area contributed by atoms with Crippen LogP contribution in [0.2, 0.25) is 5.02 Å². The van der Waals surface area contributed by atoms with Gasteiger partial charge in [-0.2, -0.15) is 5.10 Å². The molecular weight excluding hydrogens is 316 g/mol. The first-order valence-electron chi connectivity index (χ1n) is 7.01. The summed E-state index contributed by atoms with van der Waals surface area (Å²) in [5.41, 5.74) is 1.02. The van der Waals surface area contributed by atoms with Crippen molar-refractivity contribution in [2.45, 2.75) is 13.0 Å². The maximum Gasteiger partial charge on any atom is 0.272 e. The van der Waals surface area contributed by atoms with E-state index in [2.05, 4.69) is 20.6 Å². The molecule has 0 radical (unpaired) electrons. The molecule has 1 unspecified atom stereocenters. The number of carbonyl (C=O) groups excluding carboxylic acids is 1. The number of rotatable bonds is 4. The first-order valence-corrected chi connectivity index (χ1v) is 7.39. The van der Waals surface area contributed by atoms with Gasteiger partial charge in [0, 0.05) is 13.2 Å². The number of nitrogens with one attached hydrogen (secondary N) is 1. The normalized spacial score (nSPS) is 12.1. The van der Waals surface area contributed by atoms with Crippen molar-refractivity contribution in [3.63, 3.8) is 0 Å². The van der Waals surface area contributed by atoms with Gasteiger partial charge in [0.25, 0.3) is 5.91 Å². The Morgan fingerprint density at radius 2 is 2.09 bits per heavy atom. The molecule has 1 N–H and O–H groups in total. The molecule has 0 spiro atoms. The molecule has 0 bridgehead atoms. The van der Waals surface area contributed by atoms with E-state index in [0.29, 0.717) is 16.5 Å². The Bertz CT molecular complexity index is 840. The second-order valence-electron chi connectivity index (χ2n) is 5.09. The van der Waals surface area contributed by atoms with E-state index in [-0.39, 0.29) is 11.9 Å². The molecule has 1 amide bonds. The number of nitrogens with zero attached hydrogens (tertiary/aromatic N) is 5. The minimum Gasteiger partial charge on any atom is -0.341 e. The standard InChI is InChI=1S/C15H15ClN6O/c1-10(14-19-17-9-21(14)2)18-15(23)12-7-8-22(20-12)13-6-4-3-5-11(13)16/h3-10H,1-2H3,(H,18,23). The number of hydrogen-bond acceptors (Lipinski definition) is 4. The smallest absolute Gasteiger partial charge is 0.272 e. The summed E-state index contributed by atoms with van der Waals surface area (Å²) in [5, 5.41) is 15.5. The van der Waals surface area contributed by atoms with Gasteiger partial charge in [0.1, 0.15) is 6.33 Å². The third-order valence-corrected chi connectivity index (χ3v) is 3.72.